The molecule has 0 fully saturated rings. The average Bonchev–Trinajstić information content (AvgIpc) is 2.15. The molecule has 0 radical (unpaired) electrons. The highest BCUT2D eigenvalue weighted by molar-refractivity contribution is 6.20. The van der Waals surface area contributed by atoms with Gasteiger partial charge in [0.25, 0.3) is 0 Å². The summed E-state index contributed by atoms with van der Waals surface area (Å²) in [5.41, 5.74) is -0.133. The molecule has 0 aliphatic carbocycles. The summed E-state index contributed by atoms with van der Waals surface area (Å²) in [6, 6.07) is 4.18. The lowest BCUT2D eigenvalue weighted by atomic mass is 10.1. The lowest BCUT2D eigenvalue weighted by molar-refractivity contribution is -0.387. The number of nitro groups is 1. The molecule has 0 saturated carbocycles. The lowest BCUT2D eigenvalue weighted by Crippen LogP contribution is -2.00. The van der Waals surface area contributed by atoms with E-state index in [0.717, 1.165) is 6.07 Å². The van der Waals surface area contributed by atoms with E-state index in [9.17, 15) is 14.5 Å². The van der Waals surface area contributed by atoms with E-state index in [1.54, 1.807) is 13.0 Å². The molecule has 15 heavy (non-hydrogen) atoms. The molecule has 0 spiro atoms. The molecule has 5 heteroatoms. The lowest BCUT2D eigenvalue weighted by Gasteiger charge is -2.04. The highest BCUT2D eigenvalue weighted by Crippen LogP contribution is 2.21. The van der Waals surface area contributed by atoms with E-state index in [1.807, 2.05) is 0 Å². The zero-order valence-corrected chi connectivity index (χ0v) is 9.00. The Bertz CT molecular complexity index is 368. The van der Waals surface area contributed by atoms with Crippen LogP contribution >= 0.6 is 11.6 Å². The molecule has 0 amide bonds. The fraction of sp³-hybridized carbons (Fsp3) is 0.400. The van der Waals surface area contributed by atoms with E-state index in [1.165, 1.54) is 6.07 Å². The average molecular weight is 232 g/mol. The standard InChI is InChI=1S/C10H11ClFNO2/c1-7(11)5-6-8-3-2-4-9(10(8)12)13(14)15/h2-4,7H,5-6H2,1H3. The molecule has 1 unspecified atom stereocenters. The Labute approximate surface area is 92.0 Å². The van der Waals surface area contributed by atoms with E-state index >= 15 is 0 Å². The number of rotatable bonds is 4. The van der Waals surface area contributed by atoms with Gasteiger partial charge in [-0.3, -0.25) is 10.1 Å². The molecule has 82 valence electrons. The fourth-order valence-corrected chi connectivity index (χ4v) is 1.36. The van der Waals surface area contributed by atoms with Gasteiger partial charge in [0.05, 0.1) is 4.92 Å². The first-order valence-electron chi connectivity index (χ1n) is 4.58. The van der Waals surface area contributed by atoms with Crippen LogP contribution in [0.4, 0.5) is 10.1 Å². The second kappa shape index (κ2) is 5.07. The van der Waals surface area contributed by atoms with Gasteiger partial charge < -0.3 is 0 Å². The van der Waals surface area contributed by atoms with Crippen LogP contribution in [-0.2, 0) is 6.42 Å². The third-order valence-corrected chi connectivity index (χ3v) is 2.28. The van der Waals surface area contributed by atoms with Crippen molar-refractivity contribution in [1.82, 2.24) is 0 Å². The smallest absolute Gasteiger partial charge is 0.258 e. The Hall–Kier alpha value is -1.16. The number of alkyl halides is 1. The van der Waals surface area contributed by atoms with Crippen LogP contribution in [0, 0.1) is 15.9 Å². The van der Waals surface area contributed by atoms with E-state index < -0.39 is 16.4 Å². The van der Waals surface area contributed by atoms with Gasteiger partial charge in [-0.25, -0.2) is 0 Å². The Kier molecular flexibility index (Phi) is 4.03. The largest absolute Gasteiger partial charge is 0.305 e. The Balaban J connectivity index is 2.89. The summed E-state index contributed by atoms with van der Waals surface area (Å²) in [6.07, 6.45) is 1.01. The molecule has 1 rings (SSSR count). The van der Waals surface area contributed by atoms with Crippen molar-refractivity contribution in [3.8, 4) is 0 Å². The van der Waals surface area contributed by atoms with Crippen LogP contribution in [0.1, 0.15) is 18.9 Å². The van der Waals surface area contributed by atoms with Crippen LogP contribution in [0.2, 0.25) is 0 Å². The van der Waals surface area contributed by atoms with Gasteiger partial charge in [0.2, 0.25) is 5.82 Å². The monoisotopic (exact) mass is 231 g/mol. The van der Waals surface area contributed by atoms with Crippen LogP contribution < -0.4 is 0 Å². The summed E-state index contributed by atoms with van der Waals surface area (Å²) in [5.74, 6) is -0.750. The molecule has 1 aromatic carbocycles. The molecule has 0 aliphatic heterocycles. The molecular formula is C10H11ClFNO2. The third-order valence-electron chi connectivity index (χ3n) is 2.07. The zero-order valence-electron chi connectivity index (χ0n) is 8.24. The molecular weight excluding hydrogens is 221 g/mol. The van der Waals surface area contributed by atoms with Crippen molar-refractivity contribution in [2.45, 2.75) is 25.1 Å². The zero-order chi connectivity index (χ0) is 11.4. The summed E-state index contributed by atoms with van der Waals surface area (Å²) in [4.78, 5) is 9.73. The van der Waals surface area contributed by atoms with Crippen molar-refractivity contribution in [1.29, 1.82) is 0 Å². The summed E-state index contributed by atoms with van der Waals surface area (Å²) in [5, 5.41) is 10.4. The maximum absolute atomic E-state index is 13.5. The number of nitro benzene ring substituents is 1. The number of nitrogens with zero attached hydrogens (tertiary/aromatic N) is 1. The van der Waals surface area contributed by atoms with E-state index in [4.69, 9.17) is 11.6 Å². The van der Waals surface area contributed by atoms with Crippen molar-refractivity contribution in [3.63, 3.8) is 0 Å². The first-order chi connectivity index (χ1) is 7.02. The first kappa shape index (κ1) is 11.9. The van der Waals surface area contributed by atoms with Crippen molar-refractivity contribution >= 4 is 17.3 Å². The van der Waals surface area contributed by atoms with E-state index in [0.29, 0.717) is 18.4 Å². The van der Waals surface area contributed by atoms with Crippen LogP contribution in [0.15, 0.2) is 18.2 Å². The number of benzene rings is 1. The third kappa shape index (κ3) is 3.16. The molecule has 0 aromatic heterocycles. The first-order valence-corrected chi connectivity index (χ1v) is 5.02. The number of aryl methyl sites for hydroxylation is 1. The minimum Gasteiger partial charge on any atom is -0.258 e. The maximum atomic E-state index is 13.5. The van der Waals surface area contributed by atoms with Gasteiger partial charge in [-0.05, 0) is 25.3 Å². The van der Waals surface area contributed by atoms with Gasteiger partial charge in [-0.2, -0.15) is 4.39 Å². The number of halogens is 2. The number of hydrogen-bond acceptors (Lipinski definition) is 2. The quantitative estimate of drug-likeness (QED) is 0.453. The van der Waals surface area contributed by atoms with Gasteiger partial charge in [0.15, 0.2) is 0 Å². The Morgan fingerprint density at radius 2 is 2.27 bits per heavy atom. The predicted molar refractivity (Wildman–Crippen MR) is 56.7 cm³/mol. The summed E-state index contributed by atoms with van der Waals surface area (Å²) >= 11 is 5.73. The molecule has 0 bridgehead atoms. The predicted octanol–water partition coefficient (Wildman–Crippen LogP) is 3.29. The minimum atomic E-state index is -0.750. The van der Waals surface area contributed by atoms with Gasteiger partial charge >= 0.3 is 5.69 Å². The highest BCUT2D eigenvalue weighted by Gasteiger charge is 2.16. The molecule has 1 aromatic rings. The molecule has 0 saturated heterocycles. The van der Waals surface area contributed by atoms with Crippen molar-refractivity contribution in [3.05, 3.63) is 39.7 Å². The molecule has 1 atom stereocenters. The summed E-state index contributed by atoms with van der Waals surface area (Å²) < 4.78 is 13.5. The van der Waals surface area contributed by atoms with Crippen LogP contribution in [0.25, 0.3) is 0 Å². The van der Waals surface area contributed by atoms with Gasteiger partial charge in [-0.15, -0.1) is 11.6 Å². The highest BCUT2D eigenvalue weighted by atomic mass is 35.5. The number of hydrogen-bond donors (Lipinski definition) is 0. The Morgan fingerprint density at radius 1 is 1.60 bits per heavy atom. The van der Waals surface area contributed by atoms with Crippen molar-refractivity contribution < 1.29 is 9.31 Å². The SMILES string of the molecule is CC(Cl)CCc1cccc([N+](=O)[O-])c1F. The molecule has 3 nitrogen and oxygen atoms in total. The summed E-state index contributed by atoms with van der Waals surface area (Å²) in [7, 11) is 0. The summed E-state index contributed by atoms with van der Waals surface area (Å²) in [6.45, 7) is 1.80. The van der Waals surface area contributed by atoms with Crippen molar-refractivity contribution in [2.75, 3.05) is 0 Å². The second-order valence-electron chi connectivity index (χ2n) is 3.33. The fourth-order valence-electron chi connectivity index (χ4n) is 1.25. The van der Waals surface area contributed by atoms with Crippen molar-refractivity contribution in [2.24, 2.45) is 0 Å². The Morgan fingerprint density at radius 3 is 2.80 bits per heavy atom. The van der Waals surface area contributed by atoms with Crippen LogP contribution in [0.5, 0.6) is 0 Å². The van der Waals surface area contributed by atoms with Crippen LogP contribution in [0.3, 0.4) is 0 Å². The van der Waals surface area contributed by atoms with Gasteiger partial charge in [-0.1, -0.05) is 12.1 Å². The van der Waals surface area contributed by atoms with Gasteiger partial charge in [0.1, 0.15) is 0 Å². The maximum Gasteiger partial charge on any atom is 0.305 e. The second-order valence-corrected chi connectivity index (χ2v) is 4.07. The van der Waals surface area contributed by atoms with Crippen LogP contribution in [-0.4, -0.2) is 10.3 Å². The minimum absolute atomic E-state index is 0.0661. The topological polar surface area (TPSA) is 43.1 Å². The molecule has 0 N–H and O–H groups in total. The normalized spacial score (nSPS) is 12.5. The molecule has 0 aliphatic rings. The van der Waals surface area contributed by atoms with Gasteiger partial charge in [0, 0.05) is 11.4 Å². The van der Waals surface area contributed by atoms with E-state index in [2.05, 4.69) is 0 Å². The van der Waals surface area contributed by atoms with E-state index in [-0.39, 0.29) is 5.38 Å². The molecule has 0 heterocycles.